The monoisotopic (exact) mass is 250 g/mol. The Morgan fingerprint density at radius 1 is 1.28 bits per heavy atom. The first-order valence-corrected chi connectivity index (χ1v) is 6.63. The Bertz CT molecular complexity index is 383. The van der Waals surface area contributed by atoms with Gasteiger partial charge in [-0.25, -0.2) is 0 Å². The van der Waals surface area contributed by atoms with Crippen molar-refractivity contribution < 1.29 is 4.74 Å². The minimum absolute atomic E-state index is 0.104. The largest absolute Gasteiger partial charge is 0.493 e. The van der Waals surface area contributed by atoms with Crippen molar-refractivity contribution in [2.45, 2.75) is 45.6 Å². The van der Waals surface area contributed by atoms with Gasteiger partial charge in [0.05, 0.1) is 6.61 Å². The molecule has 0 aliphatic carbocycles. The molecule has 0 radical (unpaired) electrons. The van der Waals surface area contributed by atoms with Gasteiger partial charge >= 0.3 is 0 Å². The zero-order valence-electron chi connectivity index (χ0n) is 12.0. The second kappa shape index (κ2) is 6.21. The van der Waals surface area contributed by atoms with Crippen LogP contribution in [0.4, 0.5) is 0 Å². The Morgan fingerprint density at radius 3 is 2.44 bits per heavy atom. The number of rotatable bonds is 5. The van der Waals surface area contributed by atoms with Gasteiger partial charge < -0.3 is 16.2 Å². The highest BCUT2D eigenvalue weighted by molar-refractivity contribution is 5.41. The molecule has 18 heavy (non-hydrogen) atoms. The smallest absolute Gasteiger partial charge is 0.124 e. The molecule has 0 heterocycles. The third kappa shape index (κ3) is 3.72. The van der Waals surface area contributed by atoms with Crippen molar-refractivity contribution in [2.75, 3.05) is 13.2 Å². The summed E-state index contributed by atoms with van der Waals surface area (Å²) in [6.45, 7) is 9.78. The maximum absolute atomic E-state index is 6.07. The summed E-state index contributed by atoms with van der Waals surface area (Å²) in [6.07, 6.45) is 0.984. The average Bonchev–Trinajstić information content (AvgIpc) is 2.34. The molecule has 0 spiro atoms. The molecule has 4 N–H and O–H groups in total. The van der Waals surface area contributed by atoms with Crippen LogP contribution < -0.4 is 16.2 Å². The highest BCUT2D eigenvalue weighted by Gasteiger charge is 2.18. The predicted octanol–water partition coefficient (Wildman–Crippen LogP) is 2.73. The predicted molar refractivity (Wildman–Crippen MR) is 76.9 cm³/mol. The van der Waals surface area contributed by atoms with Crippen LogP contribution in [0, 0.1) is 0 Å². The lowest BCUT2D eigenvalue weighted by Crippen LogP contribution is -2.22. The highest BCUT2D eigenvalue weighted by Crippen LogP contribution is 2.30. The molecule has 0 aliphatic heterocycles. The van der Waals surface area contributed by atoms with Crippen LogP contribution in [0.1, 0.15) is 51.3 Å². The fourth-order valence-corrected chi connectivity index (χ4v) is 1.78. The number of benzene rings is 1. The lowest BCUT2D eigenvalue weighted by atomic mass is 9.85. The van der Waals surface area contributed by atoms with Gasteiger partial charge in [0.25, 0.3) is 0 Å². The normalized spacial score (nSPS) is 13.4. The van der Waals surface area contributed by atoms with E-state index < -0.39 is 0 Å². The van der Waals surface area contributed by atoms with Crippen LogP contribution in [0.5, 0.6) is 5.75 Å². The average molecular weight is 250 g/mol. The van der Waals surface area contributed by atoms with Gasteiger partial charge in [0.15, 0.2) is 0 Å². The molecule has 0 saturated carbocycles. The summed E-state index contributed by atoms with van der Waals surface area (Å²) in [5, 5.41) is 0. The van der Waals surface area contributed by atoms with Crippen LogP contribution in [0.3, 0.4) is 0 Å². The first-order valence-electron chi connectivity index (χ1n) is 6.63. The molecule has 3 heteroatoms. The molecule has 1 atom stereocenters. The van der Waals surface area contributed by atoms with Crippen molar-refractivity contribution in [1.29, 1.82) is 0 Å². The van der Waals surface area contributed by atoms with E-state index in [9.17, 15) is 0 Å². The van der Waals surface area contributed by atoms with Gasteiger partial charge in [-0.2, -0.15) is 0 Å². The fraction of sp³-hybridized carbons (Fsp3) is 0.600. The second-order valence-corrected chi connectivity index (χ2v) is 5.69. The Kier molecular flexibility index (Phi) is 5.17. The molecule has 0 bridgehead atoms. The molecule has 0 aliphatic rings. The zero-order chi connectivity index (χ0) is 13.8. The molecular weight excluding hydrogens is 224 g/mol. The Labute approximate surface area is 111 Å². The minimum Gasteiger partial charge on any atom is -0.493 e. The lowest BCUT2D eigenvalue weighted by Gasteiger charge is -2.23. The van der Waals surface area contributed by atoms with E-state index in [0.29, 0.717) is 13.2 Å². The molecule has 1 rings (SSSR count). The van der Waals surface area contributed by atoms with Gasteiger partial charge in [-0.3, -0.25) is 0 Å². The van der Waals surface area contributed by atoms with E-state index in [4.69, 9.17) is 16.2 Å². The summed E-state index contributed by atoms with van der Waals surface area (Å²) in [7, 11) is 0. The molecule has 1 aromatic carbocycles. The van der Waals surface area contributed by atoms with Gasteiger partial charge in [0.1, 0.15) is 5.75 Å². The van der Waals surface area contributed by atoms with Crippen LogP contribution in [-0.4, -0.2) is 13.2 Å². The van der Waals surface area contributed by atoms with Gasteiger partial charge in [-0.15, -0.1) is 0 Å². The lowest BCUT2D eigenvalue weighted by molar-refractivity contribution is 0.312. The Balaban J connectivity index is 3.12. The Morgan fingerprint density at radius 2 is 1.94 bits per heavy atom. The maximum Gasteiger partial charge on any atom is 0.124 e. The van der Waals surface area contributed by atoms with E-state index in [1.54, 1.807) is 0 Å². The summed E-state index contributed by atoms with van der Waals surface area (Å²) in [6, 6.07) is 6.08. The molecule has 1 unspecified atom stereocenters. The number of hydrogen-bond donors (Lipinski definition) is 2. The van der Waals surface area contributed by atoms with Crippen LogP contribution >= 0.6 is 0 Å². The van der Waals surface area contributed by atoms with E-state index in [1.807, 2.05) is 6.07 Å². The third-order valence-corrected chi connectivity index (χ3v) is 2.99. The van der Waals surface area contributed by atoms with E-state index >= 15 is 0 Å². The highest BCUT2D eigenvalue weighted by atomic mass is 16.5. The van der Waals surface area contributed by atoms with Gasteiger partial charge in [-0.1, -0.05) is 33.8 Å². The van der Waals surface area contributed by atoms with Crippen molar-refractivity contribution in [3.05, 3.63) is 29.3 Å². The van der Waals surface area contributed by atoms with Crippen LogP contribution in [0.15, 0.2) is 18.2 Å². The fourth-order valence-electron chi connectivity index (χ4n) is 1.78. The van der Waals surface area contributed by atoms with Crippen molar-refractivity contribution in [3.8, 4) is 5.75 Å². The number of hydrogen-bond acceptors (Lipinski definition) is 3. The molecule has 3 nitrogen and oxygen atoms in total. The van der Waals surface area contributed by atoms with Crippen LogP contribution in [0.25, 0.3) is 0 Å². The molecule has 0 saturated heterocycles. The number of nitrogens with two attached hydrogens (primary N) is 2. The zero-order valence-corrected chi connectivity index (χ0v) is 12.0. The molecule has 0 fully saturated rings. The van der Waals surface area contributed by atoms with Crippen molar-refractivity contribution in [1.82, 2.24) is 0 Å². The standard InChI is InChI=1S/C15H26N2O/c1-5-8-18-14-7-6-11(15(2,3)4)9-12(14)13(17)10-16/h6-7,9,13H,5,8,10,16-17H2,1-4H3. The third-order valence-electron chi connectivity index (χ3n) is 2.99. The molecule has 0 amide bonds. The van der Waals surface area contributed by atoms with Crippen LogP contribution in [0.2, 0.25) is 0 Å². The first-order chi connectivity index (χ1) is 8.40. The van der Waals surface area contributed by atoms with Gasteiger partial charge in [0, 0.05) is 18.2 Å². The summed E-state index contributed by atoms with van der Waals surface area (Å²) in [4.78, 5) is 0. The molecule has 0 aromatic heterocycles. The summed E-state index contributed by atoms with van der Waals surface area (Å²) in [5.74, 6) is 0.864. The first kappa shape index (κ1) is 15.0. The molecule has 102 valence electrons. The summed E-state index contributed by atoms with van der Waals surface area (Å²) >= 11 is 0. The minimum atomic E-state index is -0.167. The van der Waals surface area contributed by atoms with Crippen LogP contribution in [-0.2, 0) is 5.41 Å². The second-order valence-electron chi connectivity index (χ2n) is 5.69. The van der Waals surface area contributed by atoms with E-state index in [1.165, 1.54) is 5.56 Å². The summed E-state index contributed by atoms with van der Waals surface area (Å²) in [5.41, 5.74) is 14.1. The maximum atomic E-state index is 6.07. The quantitative estimate of drug-likeness (QED) is 0.844. The van der Waals surface area contributed by atoms with Gasteiger partial charge in [0.2, 0.25) is 0 Å². The van der Waals surface area contributed by atoms with E-state index in [0.717, 1.165) is 17.7 Å². The van der Waals surface area contributed by atoms with Crippen molar-refractivity contribution in [3.63, 3.8) is 0 Å². The Hall–Kier alpha value is -1.06. The van der Waals surface area contributed by atoms with Crippen molar-refractivity contribution in [2.24, 2.45) is 11.5 Å². The number of ether oxygens (including phenoxy) is 1. The summed E-state index contributed by atoms with van der Waals surface area (Å²) < 4.78 is 5.74. The SMILES string of the molecule is CCCOc1ccc(C(C)(C)C)cc1C(N)CN. The topological polar surface area (TPSA) is 61.3 Å². The molecular formula is C15H26N2O. The van der Waals surface area contributed by atoms with Crippen molar-refractivity contribution >= 4 is 0 Å². The van der Waals surface area contributed by atoms with Gasteiger partial charge in [-0.05, 0) is 29.5 Å². The van der Waals surface area contributed by atoms with E-state index in [2.05, 4.69) is 39.8 Å². The molecule has 1 aromatic rings. The van der Waals surface area contributed by atoms with E-state index in [-0.39, 0.29) is 11.5 Å².